The lowest BCUT2D eigenvalue weighted by Gasteiger charge is -2.31. The van der Waals surface area contributed by atoms with Gasteiger partial charge in [0.2, 0.25) is 0 Å². The minimum absolute atomic E-state index is 0.484. The van der Waals surface area contributed by atoms with Crippen LogP contribution in [0.3, 0.4) is 0 Å². The molecule has 1 unspecified atom stereocenters. The van der Waals surface area contributed by atoms with Gasteiger partial charge in [0.05, 0.1) is 19.8 Å². The molecule has 2 N–H and O–H groups in total. The number of rotatable bonds is 7. The molecule has 2 rings (SSSR count). The first-order chi connectivity index (χ1) is 9.79. The molecule has 116 valence electrons. The van der Waals surface area contributed by atoms with Crippen LogP contribution in [-0.2, 0) is 4.74 Å². The van der Waals surface area contributed by atoms with Gasteiger partial charge in [0.15, 0.2) is 5.96 Å². The summed E-state index contributed by atoms with van der Waals surface area (Å²) in [4.78, 5) is 7.18. The minimum atomic E-state index is 0.484. The standard InChI is InChI=1S/C15H30N4O/c1-3-16-15(17-7-6-14-4-5-14)18-12-13(2)19-8-10-20-11-9-19/h13-14H,3-12H2,1-2H3,(H2,16,17,18). The molecule has 1 atom stereocenters. The highest BCUT2D eigenvalue weighted by molar-refractivity contribution is 5.79. The van der Waals surface area contributed by atoms with E-state index in [1.165, 1.54) is 19.3 Å². The van der Waals surface area contributed by atoms with E-state index in [2.05, 4.69) is 29.4 Å². The first-order valence-electron chi connectivity index (χ1n) is 8.13. The first-order valence-corrected chi connectivity index (χ1v) is 8.13. The predicted octanol–water partition coefficient (Wildman–Crippen LogP) is 1.06. The second-order valence-electron chi connectivity index (χ2n) is 5.88. The molecule has 1 aliphatic heterocycles. The van der Waals surface area contributed by atoms with Crippen LogP contribution in [-0.4, -0.2) is 62.8 Å². The van der Waals surface area contributed by atoms with E-state index in [1.54, 1.807) is 0 Å². The summed E-state index contributed by atoms with van der Waals surface area (Å²) < 4.78 is 5.39. The number of aliphatic imine (C=N–C) groups is 1. The van der Waals surface area contributed by atoms with Crippen LogP contribution in [0.1, 0.15) is 33.1 Å². The van der Waals surface area contributed by atoms with Crippen molar-refractivity contribution in [2.24, 2.45) is 10.9 Å². The first kappa shape index (κ1) is 15.6. The molecule has 0 aromatic rings. The summed E-state index contributed by atoms with van der Waals surface area (Å²) >= 11 is 0. The maximum atomic E-state index is 5.39. The third kappa shape index (κ3) is 5.67. The number of nitrogens with one attached hydrogen (secondary N) is 2. The molecule has 2 fully saturated rings. The number of ether oxygens (including phenoxy) is 1. The highest BCUT2D eigenvalue weighted by atomic mass is 16.5. The zero-order valence-corrected chi connectivity index (χ0v) is 13.0. The molecule has 0 aromatic heterocycles. The van der Waals surface area contributed by atoms with Crippen molar-refractivity contribution in [1.82, 2.24) is 15.5 Å². The number of nitrogens with zero attached hydrogens (tertiary/aromatic N) is 2. The number of morpholine rings is 1. The molecule has 0 amide bonds. The molecule has 0 aromatic carbocycles. The number of hydrogen-bond acceptors (Lipinski definition) is 3. The van der Waals surface area contributed by atoms with Crippen molar-refractivity contribution in [2.75, 3.05) is 45.9 Å². The Morgan fingerprint density at radius 1 is 1.30 bits per heavy atom. The van der Waals surface area contributed by atoms with Crippen molar-refractivity contribution >= 4 is 5.96 Å². The van der Waals surface area contributed by atoms with Gasteiger partial charge in [-0.05, 0) is 26.2 Å². The molecule has 0 bridgehead atoms. The molecule has 0 spiro atoms. The molecule has 0 radical (unpaired) electrons. The minimum Gasteiger partial charge on any atom is -0.379 e. The van der Waals surface area contributed by atoms with Gasteiger partial charge < -0.3 is 15.4 Å². The van der Waals surface area contributed by atoms with E-state index < -0.39 is 0 Å². The molecule has 20 heavy (non-hydrogen) atoms. The quantitative estimate of drug-likeness (QED) is 0.541. The maximum absolute atomic E-state index is 5.39. The SMILES string of the molecule is CCNC(=NCC(C)N1CCOCC1)NCCC1CC1. The Bertz CT molecular complexity index is 298. The normalized spacial score (nSPS) is 22.6. The summed E-state index contributed by atoms with van der Waals surface area (Å²) in [7, 11) is 0. The van der Waals surface area contributed by atoms with Crippen molar-refractivity contribution in [2.45, 2.75) is 39.2 Å². The van der Waals surface area contributed by atoms with Crippen LogP contribution in [0, 0.1) is 5.92 Å². The van der Waals surface area contributed by atoms with Crippen LogP contribution >= 0.6 is 0 Å². The number of guanidine groups is 1. The third-order valence-corrected chi connectivity index (χ3v) is 4.07. The molecule has 5 nitrogen and oxygen atoms in total. The molecule has 1 aliphatic carbocycles. The molecular formula is C15H30N4O. The number of hydrogen-bond donors (Lipinski definition) is 2. The molecule has 1 heterocycles. The van der Waals surface area contributed by atoms with Gasteiger partial charge in [0.25, 0.3) is 0 Å². The largest absolute Gasteiger partial charge is 0.379 e. The van der Waals surface area contributed by atoms with Crippen LogP contribution in [0.2, 0.25) is 0 Å². The summed E-state index contributed by atoms with van der Waals surface area (Å²) in [5, 5.41) is 6.78. The summed E-state index contributed by atoms with van der Waals surface area (Å²) in [5.41, 5.74) is 0. The molecule has 1 saturated heterocycles. The van der Waals surface area contributed by atoms with Crippen molar-refractivity contribution in [3.8, 4) is 0 Å². The van der Waals surface area contributed by atoms with E-state index in [9.17, 15) is 0 Å². The lowest BCUT2D eigenvalue weighted by atomic mass is 10.2. The van der Waals surface area contributed by atoms with E-state index >= 15 is 0 Å². The van der Waals surface area contributed by atoms with E-state index in [1.807, 2.05) is 0 Å². The van der Waals surface area contributed by atoms with Gasteiger partial charge >= 0.3 is 0 Å². The monoisotopic (exact) mass is 282 g/mol. The Balaban J connectivity index is 1.70. The summed E-state index contributed by atoms with van der Waals surface area (Å²) in [5.74, 6) is 1.94. The van der Waals surface area contributed by atoms with E-state index in [0.29, 0.717) is 6.04 Å². The Kier molecular flexibility index (Phi) is 6.60. The smallest absolute Gasteiger partial charge is 0.191 e. The van der Waals surface area contributed by atoms with Crippen LogP contribution in [0.25, 0.3) is 0 Å². The maximum Gasteiger partial charge on any atom is 0.191 e. The fourth-order valence-corrected chi connectivity index (χ4v) is 2.50. The Labute approximate surface area is 123 Å². The third-order valence-electron chi connectivity index (χ3n) is 4.07. The second kappa shape index (κ2) is 8.47. The zero-order chi connectivity index (χ0) is 14.2. The summed E-state index contributed by atoms with van der Waals surface area (Å²) in [6, 6.07) is 0.484. The van der Waals surface area contributed by atoms with Gasteiger partial charge in [-0.25, -0.2) is 0 Å². The van der Waals surface area contributed by atoms with Crippen molar-refractivity contribution in [3.05, 3.63) is 0 Å². The molecule has 1 saturated carbocycles. The Morgan fingerprint density at radius 2 is 2.05 bits per heavy atom. The average molecular weight is 282 g/mol. The second-order valence-corrected chi connectivity index (χ2v) is 5.88. The highest BCUT2D eigenvalue weighted by Crippen LogP contribution is 2.31. The fraction of sp³-hybridized carbons (Fsp3) is 0.933. The predicted molar refractivity (Wildman–Crippen MR) is 83.2 cm³/mol. The van der Waals surface area contributed by atoms with Gasteiger partial charge in [-0.2, -0.15) is 0 Å². The average Bonchev–Trinajstić information content (AvgIpc) is 3.29. The van der Waals surface area contributed by atoms with Crippen molar-refractivity contribution in [1.29, 1.82) is 0 Å². The molecular weight excluding hydrogens is 252 g/mol. The molecule has 2 aliphatic rings. The Morgan fingerprint density at radius 3 is 2.70 bits per heavy atom. The van der Waals surface area contributed by atoms with E-state index in [-0.39, 0.29) is 0 Å². The Hall–Kier alpha value is -0.810. The van der Waals surface area contributed by atoms with E-state index in [4.69, 9.17) is 9.73 Å². The fourth-order valence-electron chi connectivity index (χ4n) is 2.50. The van der Waals surface area contributed by atoms with Gasteiger partial charge in [0, 0.05) is 32.2 Å². The zero-order valence-electron chi connectivity index (χ0n) is 13.0. The van der Waals surface area contributed by atoms with Gasteiger partial charge in [0.1, 0.15) is 0 Å². The lowest BCUT2D eigenvalue weighted by Crippen LogP contribution is -2.44. The topological polar surface area (TPSA) is 48.9 Å². The summed E-state index contributed by atoms with van der Waals surface area (Å²) in [6.45, 7) is 10.9. The lowest BCUT2D eigenvalue weighted by molar-refractivity contribution is 0.0220. The van der Waals surface area contributed by atoms with Crippen LogP contribution < -0.4 is 10.6 Å². The van der Waals surface area contributed by atoms with Gasteiger partial charge in [-0.15, -0.1) is 0 Å². The van der Waals surface area contributed by atoms with Crippen LogP contribution in [0.15, 0.2) is 4.99 Å². The van der Waals surface area contributed by atoms with Gasteiger partial charge in [-0.3, -0.25) is 9.89 Å². The van der Waals surface area contributed by atoms with Crippen molar-refractivity contribution in [3.63, 3.8) is 0 Å². The summed E-state index contributed by atoms with van der Waals surface area (Å²) in [6.07, 6.45) is 4.12. The van der Waals surface area contributed by atoms with Crippen molar-refractivity contribution < 1.29 is 4.74 Å². The highest BCUT2D eigenvalue weighted by Gasteiger charge is 2.20. The van der Waals surface area contributed by atoms with Crippen LogP contribution in [0.4, 0.5) is 0 Å². The van der Waals surface area contributed by atoms with E-state index in [0.717, 1.165) is 57.8 Å². The molecule has 5 heteroatoms. The van der Waals surface area contributed by atoms with Gasteiger partial charge in [-0.1, -0.05) is 12.8 Å². The van der Waals surface area contributed by atoms with Crippen LogP contribution in [0.5, 0.6) is 0 Å².